The number of esters is 2. The molecule has 0 aliphatic heterocycles. The molecule has 0 aliphatic rings. The molecule has 0 aromatic heterocycles. The van der Waals surface area contributed by atoms with E-state index < -0.39 is 17.6 Å². The number of likely N-dealkylation sites (N-methyl/N-ethyl adjacent to an activating group) is 1. The fourth-order valence-corrected chi connectivity index (χ4v) is 1.56. The Hall–Kier alpha value is -1.14. The van der Waals surface area contributed by atoms with E-state index in [0.717, 1.165) is 0 Å². The van der Waals surface area contributed by atoms with E-state index in [1.807, 2.05) is 0 Å². The van der Waals surface area contributed by atoms with Crippen molar-refractivity contribution in [3.05, 3.63) is 0 Å². The first-order valence-corrected chi connectivity index (χ1v) is 6.44. The van der Waals surface area contributed by atoms with Gasteiger partial charge in [-0.2, -0.15) is 0 Å². The van der Waals surface area contributed by atoms with Crippen LogP contribution in [0.2, 0.25) is 0 Å². The SMILES string of the molecule is CN[C@@H](CCCC(N)C(=O)OC(C)(C)C)C(=O)OC. The highest BCUT2D eigenvalue weighted by Gasteiger charge is 2.23. The van der Waals surface area contributed by atoms with E-state index in [-0.39, 0.29) is 12.0 Å². The molecule has 0 spiro atoms. The average molecular weight is 274 g/mol. The van der Waals surface area contributed by atoms with Gasteiger partial charge in [-0.25, -0.2) is 0 Å². The lowest BCUT2D eigenvalue weighted by Crippen LogP contribution is -2.38. The molecule has 6 heteroatoms. The van der Waals surface area contributed by atoms with Crippen LogP contribution in [-0.4, -0.2) is 43.8 Å². The topological polar surface area (TPSA) is 90.6 Å². The van der Waals surface area contributed by atoms with Crippen LogP contribution in [0, 0.1) is 0 Å². The molecule has 0 radical (unpaired) electrons. The van der Waals surface area contributed by atoms with Crippen LogP contribution in [0.5, 0.6) is 0 Å². The summed E-state index contributed by atoms with van der Waals surface area (Å²) >= 11 is 0. The van der Waals surface area contributed by atoms with Gasteiger partial charge in [0.2, 0.25) is 0 Å². The number of carbonyl (C=O) groups excluding carboxylic acids is 2. The molecule has 19 heavy (non-hydrogen) atoms. The van der Waals surface area contributed by atoms with Crippen molar-refractivity contribution in [2.75, 3.05) is 14.2 Å². The number of nitrogens with two attached hydrogens (primary N) is 1. The zero-order valence-corrected chi connectivity index (χ0v) is 12.5. The number of hydrogen-bond donors (Lipinski definition) is 2. The summed E-state index contributed by atoms with van der Waals surface area (Å²) in [6, 6.07) is -1.02. The van der Waals surface area contributed by atoms with E-state index >= 15 is 0 Å². The Kier molecular flexibility index (Phi) is 7.63. The van der Waals surface area contributed by atoms with Crippen LogP contribution in [0.4, 0.5) is 0 Å². The van der Waals surface area contributed by atoms with E-state index in [1.165, 1.54) is 7.11 Å². The standard InChI is InChI=1S/C13H26N2O4/c1-13(2,3)19-11(16)9(14)7-6-8-10(15-4)12(17)18-5/h9-10,15H,6-8,14H2,1-5H3/t9?,10-/m0/s1. The van der Waals surface area contributed by atoms with Crippen molar-refractivity contribution in [3.8, 4) is 0 Å². The minimum absolute atomic E-state index is 0.312. The van der Waals surface area contributed by atoms with Crippen molar-refractivity contribution in [3.63, 3.8) is 0 Å². The molecule has 0 bridgehead atoms. The summed E-state index contributed by atoms with van der Waals surface area (Å²) in [5.74, 6) is -0.722. The first-order chi connectivity index (χ1) is 8.71. The van der Waals surface area contributed by atoms with Gasteiger partial charge in [-0.1, -0.05) is 0 Å². The van der Waals surface area contributed by atoms with Gasteiger partial charge >= 0.3 is 11.9 Å². The fourth-order valence-electron chi connectivity index (χ4n) is 1.56. The molecule has 0 heterocycles. The van der Waals surface area contributed by atoms with Gasteiger partial charge in [-0.3, -0.25) is 9.59 Å². The summed E-state index contributed by atoms with van der Waals surface area (Å²) < 4.78 is 9.83. The monoisotopic (exact) mass is 274 g/mol. The summed E-state index contributed by atoms with van der Waals surface area (Å²) in [7, 11) is 3.04. The van der Waals surface area contributed by atoms with Crippen LogP contribution in [0.3, 0.4) is 0 Å². The molecular formula is C13H26N2O4. The average Bonchev–Trinajstić information content (AvgIpc) is 2.31. The maximum absolute atomic E-state index is 11.6. The van der Waals surface area contributed by atoms with Gasteiger partial charge in [-0.15, -0.1) is 0 Å². The minimum Gasteiger partial charge on any atom is -0.468 e. The van der Waals surface area contributed by atoms with Gasteiger partial charge < -0.3 is 20.5 Å². The van der Waals surface area contributed by atoms with Gasteiger partial charge in [0.05, 0.1) is 7.11 Å². The number of hydrogen-bond acceptors (Lipinski definition) is 6. The second-order valence-electron chi connectivity index (χ2n) is 5.44. The number of rotatable bonds is 7. The number of methoxy groups -OCH3 is 1. The second kappa shape index (κ2) is 8.12. The first kappa shape index (κ1) is 17.9. The van der Waals surface area contributed by atoms with Crippen molar-refractivity contribution in [2.45, 2.75) is 57.7 Å². The van der Waals surface area contributed by atoms with Gasteiger partial charge in [0, 0.05) is 0 Å². The van der Waals surface area contributed by atoms with E-state index in [9.17, 15) is 9.59 Å². The third-order valence-electron chi connectivity index (χ3n) is 2.55. The predicted molar refractivity (Wildman–Crippen MR) is 72.5 cm³/mol. The maximum atomic E-state index is 11.6. The minimum atomic E-state index is -0.658. The Bertz CT molecular complexity index is 300. The summed E-state index contributed by atoms with van der Waals surface area (Å²) in [5.41, 5.74) is 5.22. The van der Waals surface area contributed by atoms with E-state index in [2.05, 4.69) is 10.1 Å². The largest absolute Gasteiger partial charge is 0.468 e. The Morgan fingerprint density at radius 2 is 1.79 bits per heavy atom. The third-order valence-corrected chi connectivity index (χ3v) is 2.55. The molecule has 0 aromatic rings. The van der Waals surface area contributed by atoms with Crippen LogP contribution in [0.25, 0.3) is 0 Å². The van der Waals surface area contributed by atoms with Crippen molar-refractivity contribution in [1.82, 2.24) is 5.32 Å². The zero-order chi connectivity index (χ0) is 15.1. The maximum Gasteiger partial charge on any atom is 0.323 e. The molecule has 0 amide bonds. The van der Waals surface area contributed by atoms with Gasteiger partial charge in [0.15, 0.2) is 0 Å². The molecule has 0 saturated heterocycles. The van der Waals surface area contributed by atoms with Crippen molar-refractivity contribution in [1.29, 1.82) is 0 Å². The summed E-state index contributed by atoms with van der Waals surface area (Å²) in [6.45, 7) is 5.39. The van der Waals surface area contributed by atoms with Gasteiger partial charge in [0.1, 0.15) is 17.7 Å². The van der Waals surface area contributed by atoms with Crippen LogP contribution in [-0.2, 0) is 19.1 Å². The van der Waals surface area contributed by atoms with E-state index in [0.29, 0.717) is 19.3 Å². The lowest BCUT2D eigenvalue weighted by molar-refractivity contribution is -0.156. The Labute approximate surface area is 115 Å². The molecule has 1 unspecified atom stereocenters. The highest BCUT2D eigenvalue weighted by molar-refractivity contribution is 5.76. The zero-order valence-electron chi connectivity index (χ0n) is 12.5. The predicted octanol–water partition coefficient (Wildman–Crippen LogP) is 0.587. The van der Waals surface area contributed by atoms with E-state index in [1.54, 1.807) is 27.8 Å². The lowest BCUT2D eigenvalue weighted by atomic mass is 10.1. The molecule has 2 atom stereocenters. The van der Waals surface area contributed by atoms with Crippen molar-refractivity contribution in [2.24, 2.45) is 5.73 Å². The highest BCUT2D eigenvalue weighted by atomic mass is 16.6. The Morgan fingerprint density at radius 3 is 2.21 bits per heavy atom. The number of nitrogens with one attached hydrogen (secondary N) is 1. The molecular weight excluding hydrogens is 248 g/mol. The molecule has 3 N–H and O–H groups in total. The molecule has 6 nitrogen and oxygen atoms in total. The molecule has 0 aromatic carbocycles. The summed E-state index contributed by atoms with van der Waals surface area (Å²) in [5, 5.41) is 2.86. The molecule has 0 rings (SSSR count). The molecule has 0 aliphatic carbocycles. The Morgan fingerprint density at radius 1 is 1.21 bits per heavy atom. The number of ether oxygens (including phenoxy) is 2. The smallest absolute Gasteiger partial charge is 0.323 e. The second-order valence-corrected chi connectivity index (χ2v) is 5.44. The third kappa shape index (κ3) is 7.79. The van der Waals surface area contributed by atoms with Crippen LogP contribution >= 0.6 is 0 Å². The molecule has 0 saturated carbocycles. The first-order valence-electron chi connectivity index (χ1n) is 6.44. The lowest BCUT2D eigenvalue weighted by Gasteiger charge is -2.22. The Balaban J connectivity index is 4.06. The van der Waals surface area contributed by atoms with Crippen LogP contribution in [0.1, 0.15) is 40.0 Å². The number of carbonyl (C=O) groups is 2. The molecule has 112 valence electrons. The fraction of sp³-hybridized carbons (Fsp3) is 0.846. The molecule has 0 fully saturated rings. The highest BCUT2D eigenvalue weighted by Crippen LogP contribution is 2.11. The van der Waals surface area contributed by atoms with Crippen molar-refractivity contribution >= 4 is 11.9 Å². The summed E-state index contributed by atoms with van der Waals surface area (Å²) in [4.78, 5) is 23.0. The van der Waals surface area contributed by atoms with Crippen molar-refractivity contribution < 1.29 is 19.1 Å². The van der Waals surface area contributed by atoms with Crippen LogP contribution < -0.4 is 11.1 Å². The quantitative estimate of drug-likeness (QED) is 0.660. The normalized spacial score (nSPS) is 14.6. The van der Waals surface area contributed by atoms with Crippen LogP contribution in [0.15, 0.2) is 0 Å². The van der Waals surface area contributed by atoms with E-state index in [4.69, 9.17) is 10.5 Å². The van der Waals surface area contributed by atoms with Gasteiger partial charge in [-0.05, 0) is 47.1 Å². The summed E-state index contributed by atoms with van der Waals surface area (Å²) in [6.07, 6.45) is 1.69. The van der Waals surface area contributed by atoms with Gasteiger partial charge in [0.25, 0.3) is 0 Å².